The molecule has 0 fully saturated rings. The van der Waals surface area contributed by atoms with Crippen LogP contribution in [-0.4, -0.2) is 35.5 Å². The Morgan fingerprint density at radius 3 is 2.45 bits per heavy atom. The van der Waals surface area contributed by atoms with Crippen molar-refractivity contribution in [1.29, 1.82) is 0 Å². The van der Waals surface area contributed by atoms with Crippen LogP contribution < -0.4 is 11.2 Å². The summed E-state index contributed by atoms with van der Waals surface area (Å²) in [5.41, 5.74) is -0.0450. The molecule has 1 unspecified atom stereocenters. The Kier molecular flexibility index (Phi) is 7.48. The predicted octanol–water partition coefficient (Wildman–Crippen LogP) is 2.80. The summed E-state index contributed by atoms with van der Waals surface area (Å²) in [6.07, 6.45) is 4.21. The number of halogens is 1. The number of aromatic amines is 1. The number of carbonyl (C=O) groups excluding carboxylic acids is 1. The highest BCUT2D eigenvalue weighted by Crippen LogP contribution is 2.29. The fraction of sp³-hybridized carbons (Fsp3) is 0.700. The van der Waals surface area contributed by atoms with E-state index < -0.39 is 11.2 Å². The molecular formula is C20H31BrN4O4. The minimum atomic E-state index is -0.460. The fourth-order valence-electron chi connectivity index (χ4n) is 3.51. The van der Waals surface area contributed by atoms with Crippen molar-refractivity contribution in [3.63, 3.8) is 0 Å². The molecule has 0 saturated carbocycles. The molecule has 0 radical (unpaired) electrons. The number of H-pyrrole nitrogens is 1. The molecule has 2 rings (SSSR count). The van der Waals surface area contributed by atoms with Crippen LogP contribution in [0.3, 0.4) is 0 Å². The van der Waals surface area contributed by atoms with Gasteiger partial charge in [-0.05, 0) is 39.0 Å². The lowest BCUT2D eigenvalue weighted by Gasteiger charge is -2.29. The second kappa shape index (κ2) is 9.28. The van der Waals surface area contributed by atoms with Gasteiger partial charge in [-0.1, -0.05) is 29.3 Å². The predicted molar refractivity (Wildman–Crippen MR) is 116 cm³/mol. The Balaban J connectivity index is 1.96. The molecule has 2 heterocycles. The average molecular weight is 471 g/mol. The summed E-state index contributed by atoms with van der Waals surface area (Å²) in [4.78, 5) is 42.0. The number of aromatic nitrogens is 4. The monoisotopic (exact) mass is 470 g/mol. The van der Waals surface area contributed by atoms with Crippen LogP contribution >= 0.6 is 15.9 Å². The summed E-state index contributed by atoms with van der Waals surface area (Å²) in [7, 11) is 3.40. The van der Waals surface area contributed by atoms with Crippen molar-refractivity contribution >= 4 is 33.1 Å². The molecule has 0 amide bonds. The maximum absolute atomic E-state index is 12.1. The van der Waals surface area contributed by atoms with Gasteiger partial charge in [-0.2, -0.15) is 0 Å². The van der Waals surface area contributed by atoms with E-state index >= 15 is 0 Å². The Labute approximate surface area is 178 Å². The molecular weight excluding hydrogens is 440 g/mol. The van der Waals surface area contributed by atoms with Gasteiger partial charge in [0, 0.05) is 27.4 Å². The van der Waals surface area contributed by atoms with Crippen LogP contribution in [0.15, 0.2) is 9.59 Å². The number of aryl methyl sites for hydroxylation is 3. The quantitative estimate of drug-likeness (QED) is 0.448. The number of alkyl halides is 1. The van der Waals surface area contributed by atoms with Crippen molar-refractivity contribution in [2.45, 2.75) is 70.2 Å². The summed E-state index contributed by atoms with van der Waals surface area (Å²) in [5, 5.41) is 0. The standard InChI is InChI=1S/C20H31BrN4O4/c1-12(10-11-14(20(3,4)21)29-13(2)26)8-7-9-15-22-17-16(24(15)5)18(27)23-19(28)25(17)6/h12,14H,7-11H2,1-6H3,(H,23,27,28)/t12-,14?/m0/s1. The van der Waals surface area contributed by atoms with Crippen LogP contribution in [0, 0.1) is 5.92 Å². The third-order valence-electron chi connectivity index (χ3n) is 5.32. The van der Waals surface area contributed by atoms with Crippen molar-refractivity contribution < 1.29 is 9.53 Å². The maximum atomic E-state index is 12.1. The van der Waals surface area contributed by atoms with Crippen LogP contribution in [0.1, 0.15) is 59.2 Å². The lowest BCUT2D eigenvalue weighted by Crippen LogP contribution is -2.34. The number of imidazole rings is 1. The zero-order chi connectivity index (χ0) is 21.9. The first-order chi connectivity index (χ1) is 13.4. The van der Waals surface area contributed by atoms with Crippen LogP contribution in [0.5, 0.6) is 0 Å². The van der Waals surface area contributed by atoms with Crippen LogP contribution in [0.2, 0.25) is 0 Å². The molecule has 1 N–H and O–H groups in total. The number of fused-ring (bicyclic) bond motifs is 1. The number of carbonyl (C=O) groups is 1. The molecule has 2 aromatic heterocycles. The number of hydrogen-bond acceptors (Lipinski definition) is 5. The summed E-state index contributed by atoms with van der Waals surface area (Å²) >= 11 is 3.61. The van der Waals surface area contributed by atoms with E-state index in [1.807, 2.05) is 13.8 Å². The van der Waals surface area contributed by atoms with Crippen LogP contribution in [0.25, 0.3) is 11.2 Å². The third-order valence-corrected chi connectivity index (χ3v) is 5.83. The van der Waals surface area contributed by atoms with Gasteiger partial charge in [0.1, 0.15) is 11.9 Å². The molecule has 0 aliphatic carbocycles. The first-order valence-corrected chi connectivity index (χ1v) is 10.7. The first kappa shape index (κ1) is 23.4. The van der Waals surface area contributed by atoms with E-state index in [9.17, 15) is 14.4 Å². The van der Waals surface area contributed by atoms with Crippen LogP contribution in [0.4, 0.5) is 0 Å². The molecule has 9 heteroatoms. The van der Waals surface area contributed by atoms with Crippen molar-refractivity contribution in [3.8, 4) is 0 Å². The van der Waals surface area contributed by atoms with E-state index in [0.29, 0.717) is 17.1 Å². The van der Waals surface area contributed by atoms with Crippen molar-refractivity contribution in [2.75, 3.05) is 0 Å². The smallest absolute Gasteiger partial charge is 0.329 e. The number of ether oxygens (including phenoxy) is 1. The number of hydrogen-bond donors (Lipinski definition) is 1. The molecule has 0 aliphatic rings. The molecule has 2 atom stereocenters. The second-order valence-electron chi connectivity index (χ2n) is 8.31. The summed E-state index contributed by atoms with van der Waals surface area (Å²) < 4.78 is 8.32. The van der Waals surface area contributed by atoms with Gasteiger partial charge in [-0.25, -0.2) is 9.78 Å². The van der Waals surface area contributed by atoms with Crippen LogP contribution in [-0.2, 0) is 30.0 Å². The van der Waals surface area contributed by atoms with Gasteiger partial charge in [0.2, 0.25) is 0 Å². The zero-order valence-corrected chi connectivity index (χ0v) is 19.6. The zero-order valence-electron chi connectivity index (χ0n) is 18.0. The highest BCUT2D eigenvalue weighted by atomic mass is 79.9. The van der Waals surface area contributed by atoms with Gasteiger partial charge in [-0.3, -0.25) is 19.1 Å². The van der Waals surface area contributed by atoms with Gasteiger partial charge < -0.3 is 9.30 Å². The fourth-order valence-corrected chi connectivity index (χ4v) is 3.83. The van der Waals surface area contributed by atoms with E-state index in [1.165, 1.54) is 11.5 Å². The van der Waals surface area contributed by atoms with Gasteiger partial charge in [0.15, 0.2) is 11.2 Å². The minimum Gasteiger partial charge on any atom is -0.461 e. The average Bonchev–Trinajstić information content (AvgIpc) is 2.92. The molecule has 0 bridgehead atoms. The maximum Gasteiger partial charge on any atom is 0.329 e. The van der Waals surface area contributed by atoms with Crippen molar-refractivity contribution in [2.24, 2.45) is 20.0 Å². The molecule has 162 valence electrons. The molecule has 2 aromatic rings. The summed E-state index contributed by atoms with van der Waals surface area (Å²) in [6, 6.07) is 0. The minimum absolute atomic E-state index is 0.171. The highest BCUT2D eigenvalue weighted by Gasteiger charge is 2.29. The Morgan fingerprint density at radius 2 is 1.86 bits per heavy atom. The van der Waals surface area contributed by atoms with E-state index in [-0.39, 0.29) is 16.4 Å². The SMILES string of the molecule is CC(=O)OC(CC[C@@H](C)CCCc1nc2c(c(=O)[nH]c(=O)n2C)n1C)C(C)(C)Br. The number of nitrogens with one attached hydrogen (secondary N) is 1. The molecule has 0 aromatic carbocycles. The third kappa shape index (κ3) is 5.81. The Hall–Kier alpha value is -1.90. The number of rotatable bonds is 9. The Morgan fingerprint density at radius 1 is 1.21 bits per heavy atom. The summed E-state index contributed by atoms with van der Waals surface area (Å²) in [5.74, 6) is 0.991. The topological polar surface area (TPSA) is 99.0 Å². The van der Waals surface area contributed by atoms with Crippen molar-refractivity contribution in [1.82, 2.24) is 19.1 Å². The highest BCUT2D eigenvalue weighted by molar-refractivity contribution is 9.10. The first-order valence-electron chi connectivity index (χ1n) is 9.92. The number of nitrogens with zero attached hydrogens (tertiary/aromatic N) is 3. The van der Waals surface area contributed by atoms with E-state index in [1.54, 1.807) is 18.7 Å². The Bertz CT molecular complexity index is 983. The molecule has 29 heavy (non-hydrogen) atoms. The molecule has 0 saturated heterocycles. The van der Waals surface area contributed by atoms with E-state index in [2.05, 4.69) is 32.8 Å². The second-order valence-corrected chi connectivity index (χ2v) is 10.4. The summed E-state index contributed by atoms with van der Waals surface area (Å²) in [6.45, 7) is 7.64. The molecule has 0 spiro atoms. The van der Waals surface area contributed by atoms with E-state index in [4.69, 9.17) is 4.74 Å². The lowest BCUT2D eigenvalue weighted by molar-refractivity contribution is -0.148. The van der Waals surface area contributed by atoms with Gasteiger partial charge in [0.05, 0.1) is 4.32 Å². The van der Waals surface area contributed by atoms with Gasteiger partial charge in [-0.15, -0.1) is 0 Å². The van der Waals surface area contributed by atoms with E-state index in [0.717, 1.165) is 37.9 Å². The molecule has 0 aliphatic heterocycles. The van der Waals surface area contributed by atoms with Crippen molar-refractivity contribution in [3.05, 3.63) is 26.7 Å². The van der Waals surface area contributed by atoms with Gasteiger partial charge in [0.25, 0.3) is 5.56 Å². The van der Waals surface area contributed by atoms with Gasteiger partial charge >= 0.3 is 11.7 Å². The number of esters is 1. The molecule has 8 nitrogen and oxygen atoms in total. The largest absolute Gasteiger partial charge is 0.461 e. The normalized spacial score (nSPS) is 14.2. The lowest BCUT2D eigenvalue weighted by atomic mass is 9.93.